The molecule has 1 unspecified atom stereocenters. The van der Waals surface area contributed by atoms with Gasteiger partial charge in [-0.3, -0.25) is 14.4 Å². The second kappa shape index (κ2) is 7.93. The van der Waals surface area contributed by atoms with Crippen LogP contribution < -0.4 is 20.5 Å². The highest BCUT2D eigenvalue weighted by Crippen LogP contribution is 2.51. The monoisotopic (exact) mass is 451 g/mol. The molecule has 0 saturated carbocycles. The zero-order valence-electron chi connectivity index (χ0n) is 16.7. The third-order valence-corrected chi connectivity index (χ3v) is 6.92. The quantitative estimate of drug-likeness (QED) is 0.185. The summed E-state index contributed by atoms with van der Waals surface area (Å²) < 4.78 is 19.3. The maximum absolute atomic E-state index is 12.8. The fourth-order valence-electron chi connectivity index (χ4n) is 3.91. The van der Waals surface area contributed by atoms with Gasteiger partial charge in [-0.05, 0) is 19.9 Å². The number of nitrogens with two attached hydrogens (primary N) is 1. The number of carbonyl (C=O) groups excluding carboxylic acids is 4. The lowest BCUT2D eigenvalue weighted by atomic mass is 9.95. The third-order valence-electron chi connectivity index (χ3n) is 5.34. The van der Waals surface area contributed by atoms with Crippen molar-refractivity contribution in [2.75, 3.05) is 13.6 Å². The molecule has 3 aliphatic heterocycles. The van der Waals surface area contributed by atoms with Crippen molar-refractivity contribution in [2.45, 2.75) is 42.1 Å². The summed E-state index contributed by atoms with van der Waals surface area (Å²) in [6, 6.07) is 2.29. The lowest BCUT2D eigenvalue weighted by molar-refractivity contribution is -0.173. The van der Waals surface area contributed by atoms with E-state index in [9.17, 15) is 19.2 Å². The summed E-state index contributed by atoms with van der Waals surface area (Å²) >= 11 is 1.37. The van der Waals surface area contributed by atoms with Gasteiger partial charge in [0.25, 0.3) is 6.47 Å². The first-order valence-electron chi connectivity index (χ1n) is 9.42. The molecule has 2 saturated heterocycles. The Kier molecular flexibility index (Phi) is 5.43. The van der Waals surface area contributed by atoms with Crippen LogP contribution in [0.15, 0.2) is 18.2 Å². The predicted octanol–water partition coefficient (Wildman–Crippen LogP) is -0.364. The Morgan fingerprint density at radius 1 is 1.42 bits per heavy atom. The van der Waals surface area contributed by atoms with Gasteiger partial charge in [0.15, 0.2) is 11.5 Å². The van der Waals surface area contributed by atoms with Crippen LogP contribution in [-0.2, 0) is 28.7 Å². The summed E-state index contributed by atoms with van der Waals surface area (Å²) in [7, 11) is 0. The third kappa shape index (κ3) is 3.55. The molecule has 1 aromatic rings. The Balaban J connectivity index is 1.44. The number of hydrogen-bond donors (Lipinski definition) is 2. The molecular formula is C19H21N3O8S. The van der Waals surface area contributed by atoms with E-state index < -0.39 is 52.8 Å². The summed E-state index contributed by atoms with van der Waals surface area (Å²) in [5, 5.41) is 2.23. The number of para-hydroxylation sites is 1. The van der Waals surface area contributed by atoms with Gasteiger partial charge in [-0.15, -0.1) is 11.8 Å². The molecule has 0 spiro atoms. The van der Waals surface area contributed by atoms with Crippen LogP contribution >= 0.6 is 11.8 Å². The van der Waals surface area contributed by atoms with Gasteiger partial charge in [0.05, 0.1) is 0 Å². The second-order valence-corrected chi connectivity index (χ2v) is 9.42. The minimum Gasteiger partial charge on any atom is -0.454 e. The molecule has 1 aromatic carbocycles. The summed E-state index contributed by atoms with van der Waals surface area (Å²) in [4.78, 5) is 49.6. The van der Waals surface area contributed by atoms with E-state index in [4.69, 9.17) is 19.9 Å². The number of hydrogen-bond acceptors (Lipinski definition) is 10. The lowest BCUT2D eigenvalue weighted by Crippen LogP contribution is -2.71. The molecule has 0 aromatic heterocycles. The molecule has 3 heterocycles. The second-order valence-electron chi connectivity index (χ2n) is 7.65. The van der Waals surface area contributed by atoms with E-state index in [0.717, 1.165) is 0 Å². The Morgan fingerprint density at radius 3 is 2.94 bits per heavy atom. The topological polar surface area (TPSA) is 146 Å². The standard InChI is InChI=1S/C19H21N3O8S/c1-19(2)14(18(26)30-7-27-6-23)22-16(25)12(17(22)31-19)21-15(24)11(20)9-4-3-5-10-13(9)29-8-28-10/h3-6,11-12,14,17H,7-8,20H2,1-2H3,(H,21,24)/t11?,12-,14+,17-/m1/s1. The molecule has 31 heavy (non-hydrogen) atoms. The van der Waals surface area contributed by atoms with Crippen LogP contribution in [0.1, 0.15) is 25.5 Å². The molecule has 3 aliphatic rings. The Bertz CT molecular complexity index is 939. The zero-order chi connectivity index (χ0) is 22.3. The number of nitrogens with one attached hydrogen (secondary N) is 1. The van der Waals surface area contributed by atoms with Gasteiger partial charge in [0, 0.05) is 10.3 Å². The molecule has 0 bridgehead atoms. The minimum atomic E-state index is -1.07. The molecule has 12 heteroatoms. The zero-order valence-corrected chi connectivity index (χ0v) is 17.5. The molecule has 11 nitrogen and oxygen atoms in total. The molecule has 2 amide bonds. The van der Waals surface area contributed by atoms with Crippen LogP contribution in [0, 0.1) is 0 Å². The van der Waals surface area contributed by atoms with E-state index in [1.54, 1.807) is 32.0 Å². The summed E-state index contributed by atoms with van der Waals surface area (Å²) in [6.45, 7) is 3.26. The number of nitrogens with zero attached hydrogens (tertiary/aromatic N) is 1. The highest BCUT2D eigenvalue weighted by molar-refractivity contribution is 8.01. The normalized spacial score (nSPS) is 25.8. The van der Waals surface area contributed by atoms with E-state index in [0.29, 0.717) is 17.1 Å². The Labute approximate surface area is 181 Å². The fourth-order valence-corrected chi connectivity index (χ4v) is 5.53. The van der Waals surface area contributed by atoms with Crippen molar-refractivity contribution in [3.05, 3.63) is 23.8 Å². The fraction of sp³-hybridized carbons (Fsp3) is 0.474. The number of benzene rings is 1. The average Bonchev–Trinajstić information content (AvgIpc) is 3.31. The van der Waals surface area contributed by atoms with E-state index in [-0.39, 0.29) is 13.3 Å². The highest BCUT2D eigenvalue weighted by atomic mass is 32.2. The molecule has 0 aliphatic carbocycles. The van der Waals surface area contributed by atoms with Crippen LogP contribution in [0.2, 0.25) is 0 Å². The van der Waals surface area contributed by atoms with Crippen molar-refractivity contribution in [1.29, 1.82) is 0 Å². The van der Waals surface area contributed by atoms with Crippen LogP contribution in [-0.4, -0.2) is 64.9 Å². The first-order chi connectivity index (χ1) is 14.8. The van der Waals surface area contributed by atoms with Crippen molar-refractivity contribution in [1.82, 2.24) is 10.2 Å². The number of esters is 1. The van der Waals surface area contributed by atoms with Crippen molar-refractivity contribution < 1.29 is 38.1 Å². The minimum absolute atomic E-state index is 0.0416. The number of thioether (sulfide) groups is 1. The lowest BCUT2D eigenvalue weighted by Gasteiger charge is -2.44. The summed E-state index contributed by atoms with van der Waals surface area (Å²) in [5.74, 6) is -0.748. The number of amides is 2. The molecule has 4 atom stereocenters. The maximum Gasteiger partial charge on any atom is 0.333 e. The highest BCUT2D eigenvalue weighted by Gasteiger charge is 2.64. The van der Waals surface area contributed by atoms with Crippen molar-refractivity contribution in [3.8, 4) is 11.5 Å². The van der Waals surface area contributed by atoms with E-state index >= 15 is 0 Å². The van der Waals surface area contributed by atoms with Crippen LogP contribution in [0.3, 0.4) is 0 Å². The number of rotatable bonds is 7. The van der Waals surface area contributed by atoms with Gasteiger partial charge >= 0.3 is 5.97 Å². The maximum atomic E-state index is 12.8. The molecule has 3 N–H and O–H groups in total. The molecule has 166 valence electrons. The Hall–Kier alpha value is -2.99. The number of fused-ring (bicyclic) bond motifs is 2. The van der Waals surface area contributed by atoms with E-state index in [1.807, 2.05) is 0 Å². The van der Waals surface area contributed by atoms with Gasteiger partial charge in [-0.1, -0.05) is 12.1 Å². The smallest absolute Gasteiger partial charge is 0.333 e. The first-order valence-corrected chi connectivity index (χ1v) is 10.3. The summed E-state index contributed by atoms with van der Waals surface area (Å²) in [6.07, 6.45) is 0. The Morgan fingerprint density at radius 2 is 2.19 bits per heavy atom. The predicted molar refractivity (Wildman–Crippen MR) is 106 cm³/mol. The molecule has 4 rings (SSSR count). The summed E-state index contributed by atoms with van der Waals surface area (Å²) in [5.41, 5.74) is 6.57. The van der Waals surface area contributed by atoms with Crippen molar-refractivity contribution in [3.63, 3.8) is 0 Å². The average molecular weight is 451 g/mol. The van der Waals surface area contributed by atoms with Crippen LogP contribution in [0.5, 0.6) is 11.5 Å². The SMILES string of the molecule is CC1(C)S[C@@H]2[C@H](NC(=O)C(N)c3cccc4c3OCO4)C(=O)N2[C@H]1C(=O)OCOC=O. The van der Waals surface area contributed by atoms with E-state index in [1.165, 1.54) is 16.7 Å². The molecule has 2 fully saturated rings. The molecular weight excluding hydrogens is 430 g/mol. The van der Waals surface area contributed by atoms with Crippen LogP contribution in [0.25, 0.3) is 0 Å². The van der Waals surface area contributed by atoms with Gasteiger partial charge in [0.1, 0.15) is 23.5 Å². The van der Waals surface area contributed by atoms with Gasteiger partial charge in [-0.25, -0.2) is 4.79 Å². The number of ether oxygens (including phenoxy) is 4. The number of carbonyl (C=O) groups is 4. The van der Waals surface area contributed by atoms with E-state index in [2.05, 4.69) is 10.1 Å². The van der Waals surface area contributed by atoms with Gasteiger partial charge < -0.3 is 34.9 Å². The van der Waals surface area contributed by atoms with Gasteiger partial charge in [0.2, 0.25) is 25.4 Å². The van der Waals surface area contributed by atoms with Gasteiger partial charge in [-0.2, -0.15) is 0 Å². The van der Waals surface area contributed by atoms with Crippen molar-refractivity contribution >= 4 is 36.0 Å². The largest absolute Gasteiger partial charge is 0.454 e. The van der Waals surface area contributed by atoms with Crippen LogP contribution in [0.4, 0.5) is 0 Å². The molecule has 0 radical (unpaired) electrons. The number of β-lactam (4-membered cyclic amide) rings is 1. The first kappa shape index (κ1) is 21.2. The van der Waals surface area contributed by atoms with Crippen molar-refractivity contribution in [2.24, 2.45) is 5.73 Å².